The number of benzene rings is 1. The van der Waals surface area contributed by atoms with Gasteiger partial charge < -0.3 is 15.3 Å². The van der Waals surface area contributed by atoms with E-state index in [1.54, 1.807) is 34.1 Å². The predicted octanol–water partition coefficient (Wildman–Crippen LogP) is 2.70. The Morgan fingerprint density at radius 3 is 2.77 bits per heavy atom. The molecule has 1 aromatic carbocycles. The molecule has 2 aliphatic heterocycles. The van der Waals surface area contributed by atoms with Crippen molar-refractivity contribution in [2.45, 2.75) is 50.0 Å². The minimum Gasteiger partial charge on any atom is -0.507 e. The van der Waals surface area contributed by atoms with E-state index in [0.717, 1.165) is 36.8 Å². The van der Waals surface area contributed by atoms with Crippen molar-refractivity contribution in [2.75, 3.05) is 11.9 Å². The van der Waals surface area contributed by atoms with Gasteiger partial charge in [-0.25, -0.2) is 9.37 Å². The zero-order valence-corrected chi connectivity index (χ0v) is 17.6. The highest BCUT2D eigenvalue weighted by Crippen LogP contribution is 2.33. The maximum Gasteiger partial charge on any atom is 0.245 e. The number of nitrogens with zero attached hydrogens (tertiary/aromatic N) is 6. The van der Waals surface area contributed by atoms with Crippen LogP contribution in [0, 0.1) is 0 Å². The lowest BCUT2D eigenvalue weighted by Crippen LogP contribution is -2.61. The molecule has 2 aliphatic rings. The summed E-state index contributed by atoms with van der Waals surface area (Å²) < 4.78 is 16.7. The van der Waals surface area contributed by atoms with Crippen LogP contribution in [-0.4, -0.2) is 61.4 Å². The van der Waals surface area contributed by atoms with Crippen LogP contribution < -0.4 is 10.2 Å². The number of nitrogens with one attached hydrogen (secondary N) is 1. The van der Waals surface area contributed by atoms with Crippen LogP contribution in [0.15, 0.2) is 36.8 Å². The van der Waals surface area contributed by atoms with Crippen LogP contribution in [-0.2, 0) is 7.05 Å². The molecule has 2 fully saturated rings. The summed E-state index contributed by atoms with van der Waals surface area (Å²) in [5, 5.41) is 26.6. The number of phenolic OH excluding ortho intramolecular Hbond substituents is 1. The lowest BCUT2D eigenvalue weighted by molar-refractivity contribution is 0.106. The zero-order valence-electron chi connectivity index (χ0n) is 17.6. The van der Waals surface area contributed by atoms with Crippen LogP contribution in [0.2, 0.25) is 0 Å². The molecule has 31 heavy (non-hydrogen) atoms. The number of aromatic hydroxyl groups is 1. The van der Waals surface area contributed by atoms with E-state index in [4.69, 9.17) is 0 Å². The average molecular weight is 423 g/mol. The minimum absolute atomic E-state index is 0.0913. The van der Waals surface area contributed by atoms with Gasteiger partial charge in [-0.05, 0) is 37.0 Å². The van der Waals surface area contributed by atoms with Crippen LogP contribution in [0.5, 0.6) is 5.75 Å². The molecule has 8 nitrogen and oxygen atoms in total. The Morgan fingerprint density at radius 1 is 1.19 bits per heavy atom. The number of alkyl halides is 1. The van der Waals surface area contributed by atoms with Crippen molar-refractivity contribution in [3.63, 3.8) is 0 Å². The fourth-order valence-corrected chi connectivity index (χ4v) is 4.75. The number of anilines is 1. The molecule has 0 amide bonds. The van der Waals surface area contributed by atoms with Gasteiger partial charge in [0.05, 0.1) is 18.4 Å². The first-order valence-corrected chi connectivity index (χ1v) is 10.6. The van der Waals surface area contributed by atoms with Crippen molar-refractivity contribution in [3.05, 3.63) is 36.8 Å². The zero-order chi connectivity index (χ0) is 21.5. The van der Waals surface area contributed by atoms with Crippen molar-refractivity contribution in [3.8, 4) is 28.1 Å². The van der Waals surface area contributed by atoms with E-state index >= 15 is 4.39 Å². The number of piperidine rings is 2. The average Bonchev–Trinajstić information content (AvgIpc) is 3.22. The Bertz CT molecular complexity index is 1070. The van der Waals surface area contributed by atoms with E-state index in [0.29, 0.717) is 23.2 Å². The molecule has 0 saturated carbocycles. The number of aromatic nitrogens is 5. The Balaban J connectivity index is 1.35. The first-order chi connectivity index (χ1) is 15.0. The van der Waals surface area contributed by atoms with Gasteiger partial charge in [-0.2, -0.15) is 5.10 Å². The summed E-state index contributed by atoms with van der Waals surface area (Å²) in [7, 11) is 3.67. The van der Waals surface area contributed by atoms with E-state index in [-0.39, 0.29) is 17.8 Å². The van der Waals surface area contributed by atoms with Gasteiger partial charge in [0.25, 0.3) is 0 Å². The third-order valence-corrected chi connectivity index (χ3v) is 6.47. The largest absolute Gasteiger partial charge is 0.507 e. The highest BCUT2D eigenvalue weighted by Gasteiger charge is 2.42. The number of rotatable bonds is 4. The van der Waals surface area contributed by atoms with Crippen LogP contribution >= 0.6 is 0 Å². The third kappa shape index (κ3) is 3.74. The van der Waals surface area contributed by atoms with Gasteiger partial charge in [0, 0.05) is 43.5 Å². The minimum atomic E-state index is -0.964. The van der Waals surface area contributed by atoms with Crippen molar-refractivity contribution in [1.82, 2.24) is 30.3 Å². The number of hydrogen-bond acceptors (Lipinski definition) is 7. The first kappa shape index (κ1) is 19.9. The molecule has 5 rings (SSSR count). The Labute approximate surface area is 180 Å². The standard InChI is InChI=1S/C22H26FN7O/c1-29-12-14(10-25-29)13-6-7-16(20(31)8-13)18-11-24-22(28-27-18)30(2)19-9-15-4-3-5-17(26-15)21(19)23/h6-8,10-12,15,17,19,21,26,31H,3-5,9H2,1-2H3/t15-,17-,19+,21-/m1/s1. The van der Waals surface area contributed by atoms with Crippen LogP contribution in [0.1, 0.15) is 25.7 Å². The second-order valence-corrected chi connectivity index (χ2v) is 8.54. The molecular weight excluding hydrogens is 397 g/mol. The van der Waals surface area contributed by atoms with Crippen LogP contribution in [0.3, 0.4) is 0 Å². The lowest BCUT2D eigenvalue weighted by Gasteiger charge is -2.45. The van der Waals surface area contributed by atoms with E-state index in [1.807, 2.05) is 26.4 Å². The SMILES string of the molecule is CN(c1ncc(-c2ccc(-c3cnn(C)c3)cc2O)nn1)[C@H]1C[C@H]2CCC[C@@H](N2)[C@H]1F. The number of aryl methyl sites for hydroxylation is 1. The Kier molecular flexibility index (Phi) is 5.05. The lowest BCUT2D eigenvalue weighted by atomic mass is 9.82. The van der Waals surface area contributed by atoms with Crippen LogP contribution in [0.4, 0.5) is 10.3 Å². The highest BCUT2D eigenvalue weighted by molar-refractivity contribution is 5.73. The van der Waals surface area contributed by atoms with Gasteiger partial charge in [0.1, 0.15) is 17.6 Å². The fourth-order valence-electron chi connectivity index (χ4n) is 4.75. The molecular formula is C22H26FN7O. The normalized spacial score (nSPS) is 25.4. The van der Waals surface area contributed by atoms with Crippen LogP contribution in [0.25, 0.3) is 22.4 Å². The number of hydrogen-bond donors (Lipinski definition) is 2. The molecule has 2 N–H and O–H groups in total. The quantitative estimate of drug-likeness (QED) is 0.667. The molecule has 2 aromatic heterocycles. The molecule has 9 heteroatoms. The number of halogens is 1. The predicted molar refractivity (Wildman–Crippen MR) is 115 cm³/mol. The van der Waals surface area contributed by atoms with Crippen molar-refractivity contribution in [2.24, 2.45) is 7.05 Å². The molecule has 4 heterocycles. The molecule has 0 spiro atoms. The van der Waals surface area contributed by atoms with E-state index < -0.39 is 6.17 Å². The second-order valence-electron chi connectivity index (χ2n) is 8.54. The number of fused-ring (bicyclic) bond motifs is 2. The molecule has 3 aromatic rings. The summed E-state index contributed by atoms with van der Waals surface area (Å²) in [5.41, 5.74) is 2.78. The summed E-state index contributed by atoms with van der Waals surface area (Å²) in [5.74, 6) is 0.483. The summed E-state index contributed by atoms with van der Waals surface area (Å²) >= 11 is 0. The summed E-state index contributed by atoms with van der Waals surface area (Å²) in [6.45, 7) is 0. The molecule has 4 atom stereocenters. The van der Waals surface area contributed by atoms with Crippen molar-refractivity contribution < 1.29 is 9.50 Å². The molecule has 2 saturated heterocycles. The van der Waals surface area contributed by atoms with E-state index in [1.165, 1.54) is 0 Å². The topological polar surface area (TPSA) is 92.0 Å². The smallest absolute Gasteiger partial charge is 0.245 e. The molecule has 0 radical (unpaired) electrons. The maximum absolute atomic E-state index is 15.0. The van der Waals surface area contributed by atoms with Crippen molar-refractivity contribution in [1.29, 1.82) is 0 Å². The molecule has 0 unspecified atom stereocenters. The first-order valence-electron chi connectivity index (χ1n) is 10.6. The molecule has 2 bridgehead atoms. The fraction of sp³-hybridized carbons (Fsp3) is 0.455. The Morgan fingerprint density at radius 2 is 2.06 bits per heavy atom. The number of phenols is 1. The van der Waals surface area contributed by atoms with Gasteiger partial charge in [-0.3, -0.25) is 4.68 Å². The van der Waals surface area contributed by atoms with E-state index in [2.05, 4.69) is 25.6 Å². The van der Waals surface area contributed by atoms with E-state index in [9.17, 15) is 5.11 Å². The highest BCUT2D eigenvalue weighted by atomic mass is 19.1. The van der Waals surface area contributed by atoms with Gasteiger partial charge in [-0.1, -0.05) is 12.5 Å². The maximum atomic E-state index is 15.0. The van der Waals surface area contributed by atoms with Gasteiger partial charge in [-0.15, -0.1) is 10.2 Å². The monoisotopic (exact) mass is 423 g/mol. The third-order valence-electron chi connectivity index (χ3n) is 6.47. The summed E-state index contributed by atoms with van der Waals surface area (Å²) in [4.78, 5) is 6.23. The summed E-state index contributed by atoms with van der Waals surface area (Å²) in [6.07, 6.45) is 8.00. The van der Waals surface area contributed by atoms with Crippen molar-refractivity contribution >= 4 is 5.95 Å². The summed E-state index contributed by atoms with van der Waals surface area (Å²) in [6, 6.07) is 5.35. The second kappa shape index (κ2) is 7.88. The molecule has 162 valence electrons. The van der Waals surface area contributed by atoms with Gasteiger partial charge in [0.2, 0.25) is 5.95 Å². The van der Waals surface area contributed by atoms with Gasteiger partial charge in [0.15, 0.2) is 0 Å². The van der Waals surface area contributed by atoms with Gasteiger partial charge >= 0.3 is 0 Å². The Hall–Kier alpha value is -3.07. The molecule has 0 aliphatic carbocycles.